The van der Waals surface area contributed by atoms with Gasteiger partial charge in [-0.2, -0.15) is 0 Å². The van der Waals surface area contributed by atoms with E-state index in [9.17, 15) is 9.59 Å². The van der Waals surface area contributed by atoms with Gasteiger partial charge in [0.05, 0.1) is 11.3 Å². The Bertz CT molecular complexity index is 638. The van der Waals surface area contributed by atoms with E-state index in [1.807, 2.05) is 0 Å². The number of para-hydroxylation sites is 1. The van der Waals surface area contributed by atoms with Crippen LogP contribution in [0.25, 0.3) is 0 Å². The van der Waals surface area contributed by atoms with E-state index in [1.165, 1.54) is 12.1 Å². The first-order chi connectivity index (χ1) is 9.08. The minimum Gasteiger partial charge on any atom is -0.478 e. The lowest BCUT2D eigenvalue weighted by Gasteiger charge is -2.08. The number of carboxylic acid groups (broad SMARTS) is 1. The number of anilines is 1. The third-order valence-electron chi connectivity index (χ3n) is 2.53. The Morgan fingerprint density at radius 3 is 2.53 bits per heavy atom. The highest BCUT2D eigenvalue weighted by Gasteiger charge is 2.13. The molecule has 5 nitrogen and oxygen atoms in total. The van der Waals surface area contributed by atoms with Crippen molar-refractivity contribution >= 4 is 17.6 Å². The monoisotopic (exact) mass is 256 g/mol. The molecule has 2 N–H and O–H groups in total. The van der Waals surface area contributed by atoms with Gasteiger partial charge in [-0.25, -0.2) is 9.78 Å². The lowest BCUT2D eigenvalue weighted by atomic mass is 10.1. The summed E-state index contributed by atoms with van der Waals surface area (Å²) >= 11 is 0. The second-order valence-corrected chi connectivity index (χ2v) is 3.97. The highest BCUT2D eigenvalue weighted by atomic mass is 16.4. The summed E-state index contributed by atoms with van der Waals surface area (Å²) in [5.74, 6) is -1.52. The maximum atomic E-state index is 12.0. The molecule has 0 saturated heterocycles. The van der Waals surface area contributed by atoms with Crippen molar-refractivity contribution in [3.8, 4) is 0 Å². The largest absolute Gasteiger partial charge is 0.478 e. The second kappa shape index (κ2) is 5.30. The van der Waals surface area contributed by atoms with E-state index in [4.69, 9.17) is 5.11 Å². The van der Waals surface area contributed by atoms with E-state index in [-0.39, 0.29) is 16.9 Å². The van der Waals surface area contributed by atoms with Crippen molar-refractivity contribution < 1.29 is 14.7 Å². The summed E-state index contributed by atoms with van der Waals surface area (Å²) in [6.07, 6.45) is 0. The molecule has 5 heteroatoms. The number of aryl methyl sites for hydroxylation is 1. The summed E-state index contributed by atoms with van der Waals surface area (Å²) in [6, 6.07) is 11.3. The third kappa shape index (κ3) is 2.95. The summed E-state index contributed by atoms with van der Waals surface area (Å²) in [7, 11) is 0. The average molecular weight is 256 g/mol. The molecule has 1 heterocycles. The van der Waals surface area contributed by atoms with Crippen LogP contribution < -0.4 is 5.32 Å². The molecule has 1 aromatic heterocycles. The molecule has 2 aromatic rings. The number of rotatable bonds is 3. The molecule has 0 spiro atoms. The summed E-state index contributed by atoms with van der Waals surface area (Å²) in [5.41, 5.74) is 1.27. The molecular weight excluding hydrogens is 244 g/mol. The topological polar surface area (TPSA) is 79.3 Å². The molecule has 96 valence electrons. The number of hydrogen-bond acceptors (Lipinski definition) is 3. The maximum Gasteiger partial charge on any atom is 0.337 e. The van der Waals surface area contributed by atoms with Crippen LogP contribution in [0.1, 0.15) is 26.5 Å². The number of carboxylic acids is 1. The van der Waals surface area contributed by atoms with E-state index in [1.54, 1.807) is 37.3 Å². The van der Waals surface area contributed by atoms with Crippen molar-refractivity contribution in [3.63, 3.8) is 0 Å². The van der Waals surface area contributed by atoms with Gasteiger partial charge in [-0.1, -0.05) is 18.2 Å². The van der Waals surface area contributed by atoms with Gasteiger partial charge in [-0.3, -0.25) is 4.79 Å². The van der Waals surface area contributed by atoms with Gasteiger partial charge in [-0.05, 0) is 31.2 Å². The fraction of sp³-hybridized carbons (Fsp3) is 0.0714. The van der Waals surface area contributed by atoms with Gasteiger partial charge < -0.3 is 10.4 Å². The van der Waals surface area contributed by atoms with Crippen molar-refractivity contribution in [1.82, 2.24) is 4.98 Å². The number of nitrogens with zero attached hydrogens (tertiary/aromatic N) is 1. The maximum absolute atomic E-state index is 12.0. The molecule has 0 fully saturated rings. The standard InChI is InChI=1S/C14H12N2O3/c1-9-5-4-8-12(15-9)13(17)16-11-7-3-2-6-10(11)14(18)19/h2-8H,1H3,(H,16,17)(H,18,19). The van der Waals surface area contributed by atoms with Crippen LogP contribution in [0.5, 0.6) is 0 Å². The summed E-state index contributed by atoms with van der Waals surface area (Å²) < 4.78 is 0. The third-order valence-corrected chi connectivity index (χ3v) is 2.53. The number of benzene rings is 1. The first kappa shape index (κ1) is 12.8. The highest BCUT2D eigenvalue weighted by molar-refractivity contribution is 6.06. The van der Waals surface area contributed by atoms with E-state index in [2.05, 4.69) is 10.3 Å². The number of nitrogens with one attached hydrogen (secondary N) is 1. The van der Waals surface area contributed by atoms with E-state index < -0.39 is 11.9 Å². The predicted octanol–water partition coefficient (Wildman–Crippen LogP) is 2.34. The molecule has 0 radical (unpaired) electrons. The number of hydrogen-bond donors (Lipinski definition) is 2. The molecule has 0 bridgehead atoms. The van der Waals surface area contributed by atoms with Crippen LogP contribution in [0.2, 0.25) is 0 Å². The number of pyridine rings is 1. The molecule has 19 heavy (non-hydrogen) atoms. The van der Waals surface area contributed by atoms with Crippen LogP contribution in [0, 0.1) is 6.92 Å². The van der Waals surface area contributed by atoms with Gasteiger partial charge in [-0.15, -0.1) is 0 Å². The summed E-state index contributed by atoms with van der Waals surface area (Å²) in [4.78, 5) is 27.1. The molecular formula is C14H12N2O3. The fourth-order valence-electron chi connectivity index (χ4n) is 1.63. The normalized spacial score (nSPS) is 9.95. The van der Waals surface area contributed by atoms with Gasteiger partial charge in [0.25, 0.3) is 5.91 Å². The van der Waals surface area contributed by atoms with Crippen molar-refractivity contribution in [1.29, 1.82) is 0 Å². The van der Waals surface area contributed by atoms with Gasteiger partial charge in [0.15, 0.2) is 0 Å². The van der Waals surface area contributed by atoms with Crippen LogP contribution >= 0.6 is 0 Å². The molecule has 1 aromatic carbocycles. The lowest BCUT2D eigenvalue weighted by Crippen LogP contribution is -2.16. The van der Waals surface area contributed by atoms with Crippen molar-refractivity contribution in [2.24, 2.45) is 0 Å². The SMILES string of the molecule is Cc1cccc(C(=O)Nc2ccccc2C(=O)O)n1. The summed E-state index contributed by atoms with van der Waals surface area (Å²) in [5, 5.41) is 11.6. The zero-order valence-corrected chi connectivity index (χ0v) is 10.3. The van der Waals surface area contributed by atoms with Crippen molar-refractivity contribution in [3.05, 3.63) is 59.4 Å². The number of carbonyl (C=O) groups excluding carboxylic acids is 1. The molecule has 0 aliphatic heterocycles. The van der Waals surface area contributed by atoms with Crippen LogP contribution in [-0.4, -0.2) is 22.0 Å². The predicted molar refractivity (Wildman–Crippen MR) is 70.3 cm³/mol. The molecule has 0 aliphatic rings. The lowest BCUT2D eigenvalue weighted by molar-refractivity contribution is 0.0698. The Kier molecular flexibility index (Phi) is 3.56. The number of aromatic carboxylic acids is 1. The van der Waals surface area contributed by atoms with Crippen LogP contribution in [0.4, 0.5) is 5.69 Å². The molecule has 0 aliphatic carbocycles. The zero-order chi connectivity index (χ0) is 13.8. The number of amides is 1. The molecule has 0 atom stereocenters. The molecule has 1 amide bonds. The Morgan fingerprint density at radius 2 is 1.84 bits per heavy atom. The van der Waals surface area contributed by atoms with Gasteiger partial charge >= 0.3 is 5.97 Å². The minimum absolute atomic E-state index is 0.0449. The van der Waals surface area contributed by atoms with Gasteiger partial charge in [0.1, 0.15) is 5.69 Å². The number of carbonyl (C=O) groups is 2. The zero-order valence-electron chi connectivity index (χ0n) is 10.3. The highest BCUT2D eigenvalue weighted by Crippen LogP contribution is 2.15. The van der Waals surface area contributed by atoms with Gasteiger partial charge in [0.2, 0.25) is 0 Å². The Labute approximate surface area is 109 Å². The molecule has 2 rings (SSSR count). The summed E-state index contributed by atoms with van der Waals surface area (Å²) in [6.45, 7) is 1.78. The molecule has 0 unspecified atom stereocenters. The Hall–Kier alpha value is -2.69. The quantitative estimate of drug-likeness (QED) is 0.883. The van der Waals surface area contributed by atoms with Crippen LogP contribution in [-0.2, 0) is 0 Å². The second-order valence-electron chi connectivity index (χ2n) is 3.97. The van der Waals surface area contributed by atoms with Crippen LogP contribution in [0.15, 0.2) is 42.5 Å². The van der Waals surface area contributed by atoms with Gasteiger partial charge in [0, 0.05) is 5.69 Å². The number of aromatic nitrogens is 1. The van der Waals surface area contributed by atoms with E-state index in [0.29, 0.717) is 0 Å². The Morgan fingerprint density at radius 1 is 1.11 bits per heavy atom. The average Bonchev–Trinajstić information content (AvgIpc) is 2.39. The van der Waals surface area contributed by atoms with E-state index >= 15 is 0 Å². The van der Waals surface area contributed by atoms with Crippen LogP contribution in [0.3, 0.4) is 0 Å². The minimum atomic E-state index is -1.09. The van der Waals surface area contributed by atoms with E-state index in [0.717, 1.165) is 5.69 Å². The first-order valence-corrected chi connectivity index (χ1v) is 5.65. The van der Waals surface area contributed by atoms with Crippen molar-refractivity contribution in [2.45, 2.75) is 6.92 Å². The fourth-order valence-corrected chi connectivity index (χ4v) is 1.63. The smallest absolute Gasteiger partial charge is 0.337 e. The Balaban J connectivity index is 2.27. The van der Waals surface area contributed by atoms with Crippen molar-refractivity contribution in [2.75, 3.05) is 5.32 Å². The molecule has 0 saturated carbocycles. The first-order valence-electron chi connectivity index (χ1n) is 5.65.